The molecule has 4 heterocycles. The van der Waals surface area contributed by atoms with Crippen molar-refractivity contribution in [1.29, 1.82) is 0 Å². The minimum absolute atomic E-state index is 0.00375. The van der Waals surface area contributed by atoms with Gasteiger partial charge in [0.05, 0.1) is 13.2 Å². The maximum absolute atomic E-state index is 12.6. The Hall–Kier alpha value is -1.73. The van der Waals surface area contributed by atoms with Crippen LogP contribution in [-0.2, 0) is 9.47 Å². The molecule has 25 heavy (non-hydrogen) atoms. The van der Waals surface area contributed by atoms with Crippen LogP contribution < -0.4 is 4.90 Å². The molecule has 3 fully saturated rings. The molecule has 0 bridgehead atoms. The first-order chi connectivity index (χ1) is 12.2. The Balaban J connectivity index is 1.38. The highest BCUT2D eigenvalue weighted by molar-refractivity contribution is 5.92. The van der Waals surface area contributed by atoms with E-state index >= 15 is 0 Å². The predicted molar refractivity (Wildman–Crippen MR) is 92.4 cm³/mol. The summed E-state index contributed by atoms with van der Waals surface area (Å²) in [6, 6.07) is 3.71. The normalized spacial score (nSPS) is 26.2. The Labute approximate surface area is 148 Å². The van der Waals surface area contributed by atoms with Crippen molar-refractivity contribution >= 4 is 11.7 Å². The number of anilines is 1. The van der Waals surface area contributed by atoms with Crippen LogP contribution in [0, 0.1) is 5.92 Å². The van der Waals surface area contributed by atoms with Gasteiger partial charge in [-0.1, -0.05) is 6.92 Å². The predicted octanol–water partition coefficient (Wildman–Crippen LogP) is 1.69. The van der Waals surface area contributed by atoms with Crippen molar-refractivity contribution in [2.24, 2.45) is 5.92 Å². The molecule has 1 aromatic rings. The van der Waals surface area contributed by atoms with Gasteiger partial charge >= 0.3 is 0 Å². The van der Waals surface area contributed by atoms with Crippen molar-refractivity contribution in [1.82, 2.24) is 15.1 Å². The van der Waals surface area contributed by atoms with Crippen LogP contribution in [0.3, 0.4) is 0 Å². The lowest BCUT2D eigenvalue weighted by Crippen LogP contribution is -2.45. The van der Waals surface area contributed by atoms with Gasteiger partial charge in [0.15, 0.2) is 17.3 Å². The lowest BCUT2D eigenvalue weighted by atomic mass is 10.00. The third kappa shape index (κ3) is 3.48. The largest absolute Gasteiger partial charge is 0.355 e. The fourth-order valence-electron chi connectivity index (χ4n) is 4.01. The Morgan fingerprint density at radius 3 is 2.56 bits per heavy atom. The lowest BCUT2D eigenvalue weighted by Gasteiger charge is -2.37. The summed E-state index contributed by atoms with van der Waals surface area (Å²) in [5.41, 5.74) is 0.439. The molecular formula is C18H26N4O3. The number of carbonyl (C=O) groups excluding carboxylic acids is 1. The molecule has 7 nitrogen and oxygen atoms in total. The maximum Gasteiger partial charge on any atom is 0.274 e. The Morgan fingerprint density at radius 2 is 1.92 bits per heavy atom. The number of ether oxygens (including phenoxy) is 2. The van der Waals surface area contributed by atoms with Gasteiger partial charge in [0.2, 0.25) is 0 Å². The van der Waals surface area contributed by atoms with E-state index in [4.69, 9.17) is 9.47 Å². The lowest BCUT2D eigenvalue weighted by molar-refractivity contribution is -0.169. The van der Waals surface area contributed by atoms with E-state index in [2.05, 4.69) is 22.0 Å². The van der Waals surface area contributed by atoms with E-state index in [-0.39, 0.29) is 11.7 Å². The molecule has 0 aromatic carbocycles. The minimum atomic E-state index is -0.384. The zero-order chi connectivity index (χ0) is 17.3. The van der Waals surface area contributed by atoms with Gasteiger partial charge < -0.3 is 19.3 Å². The van der Waals surface area contributed by atoms with Crippen molar-refractivity contribution < 1.29 is 14.3 Å². The van der Waals surface area contributed by atoms with Gasteiger partial charge in [-0.15, -0.1) is 10.2 Å². The van der Waals surface area contributed by atoms with Gasteiger partial charge in [-0.2, -0.15) is 0 Å². The standard InChI is InChI=1S/C18H26N4O3/c1-14-3-2-8-22(13-14)17(23)15-4-5-16(20-19-15)21-9-6-18(7-10-21)24-11-12-25-18/h4-5,14H,2-3,6-13H2,1H3. The number of nitrogens with zero attached hydrogens (tertiary/aromatic N) is 4. The monoisotopic (exact) mass is 346 g/mol. The molecule has 0 radical (unpaired) electrons. The van der Waals surface area contributed by atoms with Crippen LogP contribution in [-0.4, -0.2) is 66.2 Å². The van der Waals surface area contributed by atoms with E-state index in [0.29, 0.717) is 24.8 Å². The highest BCUT2D eigenvalue weighted by Gasteiger charge is 2.40. The van der Waals surface area contributed by atoms with E-state index in [1.165, 1.54) is 6.42 Å². The summed E-state index contributed by atoms with van der Waals surface area (Å²) in [6.45, 7) is 6.85. The first-order valence-corrected chi connectivity index (χ1v) is 9.31. The van der Waals surface area contributed by atoms with Crippen LogP contribution in [0.1, 0.15) is 43.1 Å². The highest BCUT2D eigenvalue weighted by atomic mass is 16.7. The van der Waals surface area contributed by atoms with E-state index in [0.717, 1.165) is 51.3 Å². The number of carbonyl (C=O) groups is 1. The zero-order valence-corrected chi connectivity index (χ0v) is 14.8. The van der Waals surface area contributed by atoms with Crippen LogP contribution >= 0.6 is 0 Å². The summed E-state index contributed by atoms with van der Waals surface area (Å²) in [5, 5.41) is 8.50. The SMILES string of the molecule is CC1CCCN(C(=O)c2ccc(N3CCC4(CC3)OCCO4)nn2)C1. The van der Waals surface area contributed by atoms with Gasteiger partial charge in [-0.05, 0) is 30.9 Å². The molecule has 136 valence electrons. The van der Waals surface area contributed by atoms with Crippen LogP contribution in [0.2, 0.25) is 0 Å². The third-order valence-electron chi connectivity index (χ3n) is 5.48. The molecule has 3 aliphatic rings. The van der Waals surface area contributed by atoms with Crippen LogP contribution in [0.25, 0.3) is 0 Å². The zero-order valence-electron chi connectivity index (χ0n) is 14.8. The van der Waals surface area contributed by atoms with Gasteiger partial charge in [0.1, 0.15) is 0 Å². The number of aromatic nitrogens is 2. The Morgan fingerprint density at radius 1 is 1.16 bits per heavy atom. The number of rotatable bonds is 2. The fourth-order valence-corrected chi connectivity index (χ4v) is 4.01. The quantitative estimate of drug-likeness (QED) is 0.812. The van der Waals surface area contributed by atoms with Crippen molar-refractivity contribution in [2.75, 3.05) is 44.3 Å². The molecule has 4 rings (SSSR count). The molecule has 0 saturated carbocycles. The molecule has 1 atom stereocenters. The molecule has 3 saturated heterocycles. The average Bonchev–Trinajstić information content (AvgIpc) is 3.10. The van der Waals surface area contributed by atoms with Crippen molar-refractivity contribution in [2.45, 2.75) is 38.4 Å². The molecule has 0 aliphatic carbocycles. The van der Waals surface area contributed by atoms with Crippen LogP contribution in [0.15, 0.2) is 12.1 Å². The van der Waals surface area contributed by atoms with E-state index in [1.54, 1.807) is 6.07 Å². The molecular weight excluding hydrogens is 320 g/mol. The summed E-state index contributed by atoms with van der Waals surface area (Å²) >= 11 is 0. The van der Waals surface area contributed by atoms with E-state index < -0.39 is 0 Å². The number of piperidine rings is 2. The molecule has 7 heteroatoms. The van der Waals surface area contributed by atoms with Gasteiger partial charge in [-0.3, -0.25) is 4.79 Å². The first kappa shape index (κ1) is 16.7. The number of likely N-dealkylation sites (tertiary alicyclic amines) is 1. The van der Waals surface area contributed by atoms with E-state index in [9.17, 15) is 4.79 Å². The number of amides is 1. The molecule has 1 aromatic heterocycles. The second-order valence-corrected chi connectivity index (χ2v) is 7.37. The summed E-state index contributed by atoms with van der Waals surface area (Å²) in [5.74, 6) is 0.989. The van der Waals surface area contributed by atoms with Crippen LogP contribution in [0.4, 0.5) is 5.82 Å². The molecule has 0 N–H and O–H groups in total. The van der Waals surface area contributed by atoms with Gasteiger partial charge in [-0.25, -0.2) is 0 Å². The van der Waals surface area contributed by atoms with E-state index in [1.807, 2.05) is 11.0 Å². The third-order valence-corrected chi connectivity index (χ3v) is 5.48. The highest BCUT2D eigenvalue weighted by Crippen LogP contribution is 2.32. The summed E-state index contributed by atoms with van der Waals surface area (Å²) in [6.07, 6.45) is 3.93. The maximum atomic E-state index is 12.6. The second-order valence-electron chi connectivity index (χ2n) is 7.37. The second kappa shape index (κ2) is 6.88. The molecule has 1 spiro atoms. The Bertz CT molecular complexity index is 605. The fraction of sp³-hybridized carbons (Fsp3) is 0.722. The first-order valence-electron chi connectivity index (χ1n) is 9.31. The average molecular weight is 346 g/mol. The summed E-state index contributed by atoms with van der Waals surface area (Å²) in [4.78, 5) is 16.7. The molecule has 3 aliphatic heterocycles. The van der Waals surface area contributed by atoms with Crippen molar-refractivity contribution in [3.05, 3.63) is 17.8 Å². The summed E-state index contributed by atoms with van der Waals surface area (Å²) in [7, 11) is 0. The topological polar surface area (TPSA) is 67.8 Å². The Kier molecular flexibility index (Phi) is 4.60. The van der Waals surface area contributed by atoms with Gasteiger partial charge in [0, 0.05) is 39.0 Å². The molecule has 1 amide bonds. The van der Waals surface area contributed by atoms with Crippen molar-refractivity contribution in [3.63, 3.8) is 0 Å². The van der Waals surface area contributed by atoms with Gasteiger partial charge in [0.25, 0.3) is 5.91 Å². The summed E-state index contributed by atoms with van der Waals surface area (Å²) < 4.78 is 11.5. The molecule has 1 unspecified atom stereocenters. The smallest absolute Gasteiger partial charge is 0.274 e. The van der Waals surface area contributed by atoms with Crippen molar-refractivity contribution in [3.8, 4) is 0 Å². The number of hydrogen-bond acceptors (Lipinski definition) is 6. The van der Waals surface area contributed by atoms with Crippen LogP contribution in [0.5, 0.6) is 0 Å². The minimum Gasteiger partial charge on any atom is -0.355 e. The number of hydrogen-bond donors (Lipinski definition) is 0.